The molecule has 0 bridgehead atoms. The summed E-state index contributed by atoms with van der Waals surface area (Å²) in [5.41, 5.74) is 0.384. The fraction of sp³-hybridized carbons (Fsp3) is 0.562. The molecule has 2 fully saturated rings. The van der Waals surface area contributed by atoms with Crippen molar-refractivity contribution in [3.05, 3.63) is 18.2 Å². The largest absolute Gasteiger partial charge is 0.495 e. The SMILES string of the molecule is COc1ccc(NC(=O)C2COCCN2)cc1S(=O)(=O)N1CCOCC1. The van der Waals surface area contributed by atoms with E-state index in [1.165, 1.54) is 23.5 Å². The average Bonchev–Trinajstić information content (AvgIpc) is 2.69. The van der Waals surface area contributed by atoms with E-state index in [0.29, 0.717) is 32.1 Å². The van der Waals surface area contributed by atoms with Gasteiger partial charge in [0.25, 0.3) is 0 Å². The number of rotatable bonds is 5. The Morgan fingerprint density at radius 1 is 1.27 bits per heavy atom. The van der Waals surface area contributed by atoms with Gasteiger partial charge in [0.15, 0.2) is 0 Å². The van der Waals surface area contributed by atoms with Crippen molar-refractivity contribution >= 4 is 21.6 Å². The first kappa shape index (κ1) is 19.1. The molecule has 0 radical (unpaired) electrons. The van der Waals surface area contributed by atoms with Gasteiger partial charge in [-0.15, -0.1) is 0 Å². The first-order valence-electron chi connectivity index (χ1n) is 8.40. The topological polar surface area (TPSA) is 106 Å². The molecule has 1 unspecified atom stereocenters. The van der Waals surface area contributed by atoms with Crippen molar-refractivity contribution in [2.24, 2.45) is 0 Å². The first-order valence-corrected chi connectivity index (χ1v) is 9.84. The molecule has 26 heavy (non-hydrogen) atoms. The fourth-order valence-corrected chi connectivity index (χ4v) is 4.43. The molecule has 1 aromatic rings. The maximum absolute atomic E-state index is 13.0. The highest BCUT2D eigenvalue weighted by atomic mass is 32.2. The number of nitrogens with one attached hydrogen (secondary N) is 2. The van der Waals surface area contributed by atoms with E-state index < -0.39 is 16.1 Å². The third-order valence-electron chi connectivity index (χ3n) is 4.26. The lowest BCUT2D eigenvalue weighted by Crippen LogP contribution is -2.48. The van der Waals surface area contributed by atoms with E-state index in [4.69, 9.17) is 14.2 Å². The van der Waals surface area contributed by atoms with Gasteiger partial charge < -0.3 is 24.8 Å². The number of sulfonamides is 1. The Balaban J connectivity index is 1.83. The molecule has 2 heterocycles. The van der Waals surface area contributed by atoms with E-state index >= 15 is 0 Å². The minimum atomic E-state index is -3.75. The summed E-state index contributed by atoms with van der Waals surface area (Å²) in [6.07, 6.45) is 0. The molecular weight excluding hydrogens is 362 g/mol. The van der Waals surface area contributed by atoms with Gasteiger partial charge in [-0.2, -0.15) is 4.31 Å². The molecule has 0 aromatic heterocycles. The van der Waals surface area contributed by atoms with Crippen molar-refractivity contribution in [1.82, 2.24) is 9.62 Å². The Labute approximate surface area is 152 Å². The number of hydrogen-bond donors (Lipinski definition) is 2. The third-order valence-corrected chi connectivity index (χ3v) is 6.18. The van der Waals surface area contributed by atoms with Crippen LogP contribution in [0.2, 0.25) is 0 Å². The monoisotopic (exact) mass is 385 g/mol. The summed E-state index contributed by atoms with van der Waals surface area (Å²) < 4.78 is 43.0. The summed E-state index contributed by atoms with van der Waals surface area (Å²) in [5, 5.41) is 5.79. The predicted octanol–water partition coefficient (Wildman–Crippen LogP) is -0.357. The van der Waals surface area contributed by atoms with Gasteiger partial charge in [0.2, 0.25) is 15.9 Å². The molecule has 9 nitrogen and oxygen atoms in total. The second-order valence-electron chi connectivity index (χ2n) is 5.95. The van der Waals surface area contributed by atoms with E-state index in [9.17, 15) is 13.2 Å². The van der Waals surface area contributed by atoms with E-state index in [2.05, 4.69) is 10.6 Å². The maximum Gasteiger partial charge on any atom is 0.246 e. The Kier molecular flexibility index (Phi) is 6.09. The average molecular weight is 385 g/mol. The molecule has 1 amide bonds. The Morgan fingerprint density at radius 3 is 2.69 bits per heavy atom. The molecular formula is C16H23N3O6S. The van der Waals surface area contributed by atoms with Gasteiger partial charge in [-0.25, -0.2) is 8.42 Å². The van der Waals surface area contributed by atoms with Gasteiger partial charge in [0.1, 0.15) is 16.7 Å². The lowest BCUT2D eigenvalue weighted by Gasteiger charge is -2.27. The van der Waals surface area contributed by atoms with Gasteiger partial charge >= 0.3 is 0 Å². The lowest BCUT2D eigenvalue weighted by atomic mass is 10.2. The first-order chi connectivity index (χ1) is 12.5. The number of carbonyl (C=O) groups is 1. The number of methoxy groups -OCH3 is 1. The van der Waals surface area contributed by atoms with Crippen LogP contribution >= 0.6 is 0 Å². The minimum Gasteiger partial charge on any atom is -0.495 e. The molecule has 3 rings (SSSR count). The highest BCUT2D eigenvalue weighted by molar-refractivity contribution is 7.89. The fourth-order valence-electron chi connectivity index (χ4n) is 2.85. The van der Waals surface area contributed by atoms with E-state index in [1.54, 1.807) is 6.07 Å². The van der Waals surface area contributed by atoms with Crippen molar-refractivity contribution in [2.75, 3.05) is 58.5 Å². The van der Waals surface area contributed by atoms with Gasteiger partial charge in [-0.05, 0) is 18.2 Å². The highest BCUT2D eigenvalue weighted by Gasteiger charge is 2.30. The smallest absolute Gasteiger partial charge is 0.246 e. The minimum absolute atomic E-state index is 0.0209. The molecule has 144 valence electrons. The molecule has 1 aromatic carbocycles. The van der Waals surface area contributed by atoms with Crippen LogP contribution in [0.4, 0.5) is 5.69 Å². The standard InChI is InChI=1S/C16H23N3O6S/c1-23-14-3-2-12(18-16(20)13-11-25-7-4-17-13)10-15(14)26(21,22)19-5-8-24-9-6-19/h2-3,10,13,17H,4-9,11H2,1H3,(H,18,20). The molecule has 2 aliphatic heterocycles. The molecule has 0 spiro atoms. The number of amides is 1. The molecule has 2 N–H and O–H groups in total. The Bertz CT molecular complexity index is 742. The van der Waals surface area contributed by atoms with Crippen LogP contribution in [0.25, 0.3) is 0 Å². The highest BCUT2D eigenvalue weighted by Crippen LogP contribution is 2.30. The number of carbonyl (C=O) groups excluding carboxylic acids is 1. The molecule has 2 saturated heterocycles. The third kappa shape index (κ3) is 4.15. The van der Waals surface area contributed by atoms with Crippen LogP contribution in [0, 0.1) is 0 Å². The number of anilines is 1. The maximum atomic E-state index is 13.0. The van der Waals surface area contributed by atoms with Gasteiger partial charge in [-0.3, -0.25) is 4.79 Å². The molecule has 2 aliphatic rings. The molecule has 10 heteroatoms. The Hall–Kier alpha value is -1.72. The van der Waals surface area contributed by atoms with E-state index in [-0.39, 0.29) is 36.2 Å². The van der Waals surface area contributed by atoms with Gasteiger partial charge in [0.05, 0.1) is 33.5 Å². The van der Waals surface area contributed by atoms with Crippen LogP contribution in [0.3, 0.4) is 0 Å². The van der Waals surface area contributed by atoms with Crippen LogP contribution in [-0.4, -0.2) is 77.8 Å². The Morgan fingerprint density at radius 2 is 2.04 bits per heavy atom. The van der Waals surface area contributed by atoms with Crippen LogP contribution < -0.4 is 15.4 Å². The van der Waals surface area contributed by atoms with Crippen LogP contribution in [0.5, 0.6) is 5.75 Å². The van der Waals surface area contributed by atoms with Crippen molar-refractivity contribution in [3.8, 4) is 5.75 Å². The predicted molar refractivity (Wildman–Crippen MR) is 93.8 cm³/mol. The molecule has 0 saturated carbocycles. The van der Waals surface area contributed by atoms with Crippen molar-refractivity contribution < 1.29 is 27.4 Å². The van der Waals surface area contributed by atoms with Crippen molar-refractivity contribution in [2.45, 2.75) is 10.9 Å². The summed E-state index contributed by atoms with van der Waals surface area (Å²) in [5.74, 6) is -0.0433. The number of hydrogen-bond acceptors (Lipinski definition) is 7. The van der Waals surface area contributed by atoms with Crippen LogP contribution in [-0.2, 0) is 24.3 Å². The summed E-state index contributed by atoms with van der Waals surface area (Å²) in [7, 11) is -2.34. The number of benzene rings is 1. The normalized spacial score (nSPS) is 22.0. The number of ether oxygens (including phenoxy) is 3. The molecule has 1 atom stereocenters. The van der Waals surface area contributed by atoms with Crippen molar-refractivity contribution in [1.29, 1.82) is 0 Å². The summed E-state index contributed by atoms with van der Waals surface area (Å²) in [4.78, 5) is 12.3. The second-order valence-corrected chi connectivity index (χ2v) is 7.86. The molecule has 0 aliphatic carbocycles. The van der Waals surface area contributed by atoms with E-state index in [1.807, 2.05) is 0 Å². The number of nitrogens with zero attached hydrogens (tertiary/aromatic N) is 1. The zero-order chi connectivity index (χ0) is 18.6. The van der Waals surface area contributed by atoms with Gasteiger partial charge in [0, 0.05) is 25.3 Å². The van der Waals surface area contributed by atoms with Crippen LogP contribution in [0.15, 0.2) is 23.1 Å². The summed E-state index contributed by atoms with van der Waals surface area (Å²) in [6, 6.07) is 4.10. The van der Waals surface area contributed by atoms with E-state index in [0.717, 1.165) is 0 Å². The second kappa shape index (κ2) is 8.31. The quantitative estimate of drug-likeness (QED) is 0.713. The number of morpholine rings is 2. The van der Waals surface area contributed by atoms with Crippen molar-refractivity contribution in [3.63, 3.8) is 0 Å². The summed E-state index contributed by atoms with van der Waals surface area (Å²) in [6.45, 7) is 2.71. The summed E-state index contributed by atoms with van der Waals surface area (Å²) >= 11 is 0. The zero-order valence-corrected chi connectivity index (χ0v) is 15.4. The van der Waals surface area contributed by atoms with Crippen LogP contribution in [0.1, 0.15) is 0 Å². The lowest BCUT2D eigenvalue weighted by molar-refractivity contribution is -0.120. The zero-order valence-electron chi connectivity index (χ0n) is 14.6. The van der Waals surface area contributed by atoms with Gasteiger partial charge in [-0.1, -0.05) is 0 Å².